The number of hydrogen-bond donors (Lipinski definition) is 1. The van der Waals surface area contributed by atoms with Crippen molar-refractivity contribution < 1.29 is 33.2 Å². The third-order valence-corrected chi connectivity index (χ3v) is 10.8. The average Bonchev–Trinajstić information content (AvgIpc) is 3.28. The van der Waals surface area contributed by atoms with E-state index in [9.17, 15) is 4.79 Å². The van der Waals surface area contributed by atoms with Crippen LogP contribution in [-0.4, -0.2) is 49.8 Å². The van der Waals surface area contributed by atoms with Crippen LogP contribution in [0.2, 0.25) is 0 Å². The summed E-state index contributed by atoms with van der Waals surface area (Å²) in [5.41, 5.74) is 7.75. The van der Waals surface area contributed by atoms with Crippen molar-refractivity contribution >= 4 is 5.91 Å². The maximum Gasteiger partial charge on any atom is 0.251 e. The maximum absolute atomic E-state index is 12.4. The van der Waals surface area contributed by atoms with E-state index in [1.165, 1.54) is 0 Å². The fourth-order valence-corrected chi connectivity index (χ4v) is 7.79. The SMILES string of the molecule is CNC(=O)c1cccc(-c2ccc3c(c2)CCC2(O3)OC(COCc3ccccc3)C(OCc3ccccc3)C(OCc3ccccc3)C2OCc2ccccc2)c1. The Morgan fingerprint density at radius 3 is 1.78 bits per heavy atom. The monoisotopic (exact) mass is 775 g/mol. The molecule has 5 atom stereocenters. The summed E-state index contributed by atoms with van der Waals surface area (Å²) in [6.45, 7) is 1.66. The summed E-state index contributed by atoms with van der Waals surface area (Å²) in [7, 11) is 1.64. The lowest BCUT2D eigenvalue weighted by Crippen LogP contribution is -2.69. The predicted molar refractivity (Wildman–Crippen MR) is 223 cm³/mol. The molecule has 2 aliphatic heterocycles. The van der Waals surface area contributed by atoms with Gasteiger partial charge in [-0.15, -0.1) is 0 Å². The second-order valence-corrected chi connectivity index (χ2v) is 14.8. The molecule has 5 unspecified atom stereocenters. The Morgan fingerprint density at radius 2 is 1.17 bits per heavy atom. The fraction of sp³-hybridized carbons (Fsp3) is 0.260. The van der Waals surface area contributed by atoms with Crippen LogP contribution in [0, 0.1) is 0 Å². The highest BCUT2D eigenvalue weighted by molar-refractivity contribution is 5.95. The van der Waals surface area contributed by atoms with Gasteiger partial charge in [0.05, 0.1) is 33.0 Å². The van der Waals surface area contributed by atoms with E-state index in [0.717, 1.165) is 38.9 Å². The van der Waals surface area contributed by atoms with Crippen LogP contribution in [-0.2, 0) is 56.5 Å². The molecule has 2 heterocycles. The summed E-state index contributed by atoms with van der Waals surface area (Å²) in [4.78, 5) is 12.4. The number of fused-ring (bicyclic) bond motifs is 1. The highest BCUT2D eigenvalue weighted by Gasteiger charge is 2.59. The van der Waals surface area contributed by atoms with Crippen molar-refractivity contribution in [3.8, 4) is 16.9 Å². The first kappa shape index (κ1) is 39.2. The summed E-state index contributed by atoms with van der Waals surface area (Å²) < 4.78 is 41.7. The molecule has 8 rings (SSSR count). The fourth-order valence-electron chi connectivity index (χ4n) is 7.79. The molecule has 0 aromatic heterocycles. The molecule has 6 aromatic rings. The van der Waals surface area contributed by atoms with Crippen molar-refractivity contribution in [3.63, 3.8) is 0 Å². The van der Waals surface area contributed by atoms with E-state index in [0.29, 0.717) is 50.6 Å². The van der Waals surface area contributed by atoms with E-state index in [1.807, 2.05) is 109 Å². The Kier molecular flexibility index (Phi) is 12.7. The number of ether oxygens (including phenoxy) is 6. The van der Waals surface area contributed by atoms with Gasteiger partial charge in [0.15, 0.2) is 6.10 Å². The van der Waals surface area contributed by atoms with E-state index in [4.69, 9.17) is 28.4 Å². The second kappa shape index (κ2) is 18.8. The maximum atomic E-state index is 12.4. The van der Waals surface area contributed by atoms with Gasteiger partial charge in [-0.2, -0.15) is 0 Å². The Labute approximate surface area is 340 Å². The van der Waals surface area contributed by atoms with E-state index in [-0.39, 0.29) is 12.5 Å². The predicted octanol–water partition coefficient (Wildman–Crippen LogP) is 9.11. The number of carbonyl (C=O) groups is 1. The summed E-state index contributed by atoms with van der Waals surface area (Å²) in [5.74, 6) is -0.657. The molecule has 0 aliphatic carbocycles. The zero-order chi connectivity index (χ0) is 39.6. The lowest BCUT2D eigenvalue weighted by molar-refractivity contribution is -0.364. The molecular weight excluding hydrogens is 727 g/mol. The lowest BCUT2D eigenvalue weighted by atomic mass is 9.85. The number of aryl methyl sites for hydroxylation is 1. The van der Waals surface area contributed by atoms with Crippen LogP contribution >= 0.6 is 0 Å². The summed E-state index contributed by atoms with van der Waals surface area (Å²) in [6, 6.07) is 54.3. The topological polar surface area (TPSA) is 84.5 Å². The molecule has 6 aromatic carbocycles. The molecule has 8 heteroatoms. The average molecular weight is 776 g/mol. The number of carbonyl (C=O) groups excluding carboxylic acids is 1. The van der Waals surface area contributed by atoms with Crippen LogP contribution in [0.25, 0.3) is 11.1 Å². The van der Waals surface area contributed by atoms with Crippen molar-refractivity contribution in [2.24, 2.45) is 0 Å². The molecule has 1 saturated heterocycles. The summed E-state index contributed by atoms with van der Waals surface area (Å²) >= 11 is 0. The normalized spacial score (nSPS) is 21.2. The van der Waals surface area contributed by atoms with Crippen LogP contribution in [0.1, 0.15) is 44.6 Å². The lowest BCUT2D eigenvalue weighted by Gasteiger charge is -2.53. The van der Waals surface area contributed by atoms with Crippen LogP contribution in [0.4, 0.5) is 0 Å². The first-order valence-electron chi connectivity index (χ1n) is 20.0. The first-order valence-corrected chi connectivity index (χ1v) is 20.0. The van der Waals surface area contributed by atoms with Crippen molar-refractivity contribution in [2.75, 3.05) is 13.7 Å². The van der Waals surface area contributed by atoms with Gasteiger partial charge in [-0.25, -0.2) is 0 Å². The smallest absolute Gasteiger partial charge is 0.251 e. The molecule has 1 amide bonds. The largest absolute Gasteiger partial charge is 0.459 e. The van der Waals surface area contributed by atoms with Crippen molar-refractivity contribution in [1.29, 1.82) is 0 Å². The third-order valence-electron chi connectivity index (χ3n) is 10.8. The molecule has 2 aliphatic rings. The Hall–Kier alpha value is -5.61. The molecule has 0 radical (unpaired) electrons. The second-order valence-electron chi connectivity index (χ2n) is 14.8. The van der Waals surface area contributed by atoms with Gasteiger partial charge in [0.25, 0.3) is 5.91 Å². The molecule has 0 saturated carbocycles. The standard InChI is InChI=1S/C50H49NO7/c1-51-49(52)43-24-14-23-40(30-43)41-25-26-44-42(29-41)27-28-50(57-44)48(56-34-39-21-12-5-13-22-39)47(55-33-38-19-10-4-11-20-38)46(54-32-37-17-8-3-9-18-37)45(58-50)35-53-31-36-15-6-2-7-16-36/h2-26,29-30,45-48H,27-28,31-35H2,1H3,(H,51,52). The van der Waals surface area contributed by atoms with Gasteiger partial charge in [-0.3, -0.25) is 4.79 Å². The summed E-state index contributed by atoms with van der Waals surface area (Å²) in [6.07, 6.45) is -1.31. The van der Waals surface area contributed by atoms with Crippen LogP contribution in [0.15, 0.2) is 164 Å². The Bertz CT molecular complexity index is 2220. The molecule has 8 nitrogen and oxygen atoms in total. The first-order chi connectivity index (χ1) is 28.6. The number of amides is 1. The van der Waals surface area contributed by atoms with Gasteiger partial charge in [0.1, 0.15) is 24.1 Å². The number of rotatable bonds is 15. The van der Waals surface area contributed by atoms with Gasteiger partial charge in [0.2, 0.25) is 5.79 Å². The summed E-state index contributed by atoms with van der Waals surface area (Å²) in [5, 5.41) is 2.72. The van der Waals surface area contributed by atoms with E-state index in [2.05, 4.69) is 59.9 Å². The van der Waals surface area contributed by atoms with E-state index in [1.54, 1.807) is 7.05 Å². The highest BCUT2D eigenvalue weighted by atomic mass is 16.7. The molecule has 58 heavy (non-hydrogen) atoms. The zero-order valence-electron chi connectivity index (χ0n) is 32.7. The zero-order valence-corrected chi connectivity index (χ0v) is 32.7. The molecule has 1 N–H and O–H groups in total. The van der Waals surface area contributed by atoms with Crippen LogP contribution in [0.3, 0.4) is 0 Å². The quantitative estimate of drug-likeness (QED) is 0.111. The van der Waals surface area contributed by atoms with Crippen LogP contribution < -0.4 is 10.1 Å². The number of hydrogen-bond acceptors (Lipinski definition) is 7. The molecule has 296 valence electrons. The molecule has 0 bridgehead atoms. The van der Waals surface area contributed by atoms with Crippen molar-refractivity contribution in [3.05, 3.63) is 197 Å². The molecule has 1 spiro atoms. The van der Waals surface area contributed by atoms with Gasteiger partial charge in [-0.05, 0) is 69.6 Å². The molecule has 1 fully saturated rings. The van der Waals surface area contributed by atoms with Gasteiger partial charge >= 0.3 is 0 Å². The van der Waals surface area contributed by atoms with Gasteiger partial charge < -0.3 is 33.7 Å². The van der Waals surface area contributed by atoms with Crippen molar-refractivity contribution in [1.82, 2.24) is 5.32 Å². The minimum absolute atomic E-state index is 0.126. The van der Waals surface area contributed by atoms with Gasteiger partial charge in [-0.1, -0.05) is 140 Å². The van der Waals surface area contributed by atoms with Crippen LogP contribution in [0.5, 0.6) is 5.75 Å². The Balaban J connectivity index is 1.16. The van der Waals surface area contributed by atoms with E-state index < -0.39 is 30.2 Å². The van der Waals surface area contributed by atoms with Crippen molar-refractivity contribution in [2.45, 2.75) is 69.5 Å². The number of benzene rings is 6. The minimum Gasteiger partial charge on any atom is -0.459 e. The molecular formula is C50H49NO7. The third kappa shape index (κ3) is 9.39. The minimum atomic E-state index is -1.24. The highest BCUT2D eigenvalue weighted by Crippen LogP contribution is 2.45. The number of nitrogens with one attached hydrogen (secondary N) is 1. The van der Waals surface area contributed by atoms with E-state index >= 15 is 0 Å². The Morgan fingerprint density at radius 1 is 0.621 bits per heavy atom. The van der Waals surface area contributed by atoms with Gasteiger partial charge in [0, 0.05) is 19.0 Å².